The van der Waals surface area contributed by atoms with Crippen LogP contribution < -0.4 is 5.32 Å². The second-order valence-electron chi connectivity index (χ2n) is 4.47. The van der Waals surface area contributed by atoms with E-state index in [0.717, 1.165) is 24.2 Å². The standard InChI is InChI=1S/C14H19N3O/c1-11-13(9-16-17-11)8-15-14(10-18)7-12-5-3-2-4-6-12/h2-6,9,14-15,18H,7-8,10H2,1H3,(H,16,17)/t14-/m0/s1. The summed E-state index contributed by atoms with van der Waals surface area (Å²) in [5, 5.41) is 19.6. The second-order valence-corrected chi connectivity index (χ2v) is 4.47. The summed E-state index contributed by atoms with van der Waals surface area (Å²) in [7, 11) is 0. The Hall–Kier alpha value is -1.65. The molecule has 0 bridgehead atoms. The molecule has 0 radical (unpaired) electrons. The van der Waals surface area contributed by atoms with Crippen molar-refractivity contribution >= 4 is 0 Å². The fourth-order valence-electron chi connectivity index (χ4n) is 1.91. The number of aliphatic hydroxyl groups is 1. The molecule has 0 amide bonds. The highest BCUT2D eigenvalue weighted by molar-refractivity contribution is 5.17. The molecule has 1 atom stereocenters. The minimum atomic E-state index is 0.0710. The van der Waals surface area contributed by atoms with Crippen molar-refractivity contribution in [1.29, 1.82) is 0 Å². The fraction of sp³-hybridized carbons (Fsp3) is 0.357. The lowest BCUT2D eigenvalue weighted by Gasteiger charge is -2.16. The van der Waals surface area contributed by atoms with Gasteiger partial charge in [0, 0.05) is 23.8 Å². The van der Waals surface area contributed by atoms with Crippen LogP contribution in [0, 0.1) is 6.92 Å². The summed E-state index contributed by atoms with van der Waals surface area (Å²) in [5.74, 6) is 0. The second kappa shape index (κ2) is 6.33. The Morgan fingerprint density at radius 2 is 2.11 bits per heavy atom. The van der Waals surface area contributed by atoms with Crippen LogP contribution in [-0.2, 0) is 13.0 Å². The topological polar surface area (TPSA) is 60.9 Å². The molecule has 0 aliphatic heterocycles. The monoisotopic (exact) mass is 245 g/mol. The van der Waals surface area contributed by atoms with Crippen LogP contribution in [0.15, 0.2) is 36.5 Å². The first-order valence-electron chi connectivity index (χ1n) is 6.16. The molecule has 0 saturated carbocycles. The highest BCUT2D eigenvalue weighted by Crippen LogP contribution is 2.06. The van der Waals surface area contributed by atoms with Crippen LogP contribution in [-0.4, -0.2) is 28.0 Å². The van der Waals surface area contributed by atoms with E-state index >= 15 is 0 Å². The number of aromatic nitrogens is 2. The van der Waals surface area contributed by atoms with Crippen LogP contribution in [0.3, 0.4) is 0 Å². The van der Waals surface area contributed by atoms with Gasteiger partial charge in [-0.15, -0.1) is 0 Å². The summed E-state index contributed by atoms with van der Waals surface area (Å²) < 4.78 is 0. The van der Waals surface area contributed by atoms with Crippen molar-refractivity contribution in [2.45, 2.75) is 25.9 Å². The number of rotatable bonds is 6. The Kier molecular flexibility index (Phi) is 4.50. The summed E-state index contributed by atoms with van der Waals surface area (Å²) in [4.78, 5) is 0. The fourth-order valence-corrected chi connectivity index (χ4v) is 1.91. The van der Waals surface area contributed by atoms with Crippen molar-refractivity contribution < 1.29 is 5.11 Å². The van der Waals surface area contributed by atoms with Gasteiger partial charge in [0.15, 0.2) is 0 Å². The SMILES string of the molecule is Cc1[nH]ncc1CN[C@H](CO)Cc1ccccc1. The molecular weight excluding hydrogens is 226 g/mol. The summed E-state index contributed by atoms with van der Waals surface area (Å²) in [6.07, 6.45) is 2.65. The minimum Gasteiger partial charge on any atom is -0.395 e. The van der Waals surface area contributed by atoms with Gasteiger partial charge in [0.2, 0.25) is 0 Å². The molecular formula is C14H19N3O. The van der Waals surface area contributed by atoms with Gasteiger partial charge in [-0.1, -0.05) is 30.3 Å². The first-order chi connectivity index (χ1) is 8.79. The molecule has 3 N–H and O–H groups in total. The van der Waals surface area contributed by atoms with Crippen LogP contribution >= 0.6 is 0 Å². The van der Waals surface area contributed by atoms with E-state index in [1.54, 1.807) is 0 Å². The summed E-state index contributed by atoms with van der Waals surface area (Å²) in [6, 6.07) is 10.3. The maximum atomic E-state index is 9.40. The lowest BCUT2D eigenvalue weighted by atomic mass is 10.1. The Bertz CT molecular complexity index is 467. The first-order valence-corrected chi connectivity index (χ1v) is 6.16. The lowest BCUT2D eigenvalue weighted by Crippen LogP contribution is -2.34. The van der Waals surface area contributed by atoms with Crippen LogP contribution in [0.4, 0.5) is 0 Å². The van der Waals surface area contributed by atoms with Crippen molar-refractivity contribution in [3.63, 3.8) is 0 Å². The summed E-state index contributed by atoms with van der Waals surface area (Å²) in [5.41, 5.74) is 3.44. The third-order valence-corrected chi connectivity index (χ3v) is 3.06. The zero-order valence-electron chi connectivity index (χ0n) is 10.6. The largest absolute Gasteiger partial charge is 0.395 e. The average Bonchev–Trinajstić information content (AvgIpc) is 2.81. The number of hydrogen-bond donors (Lipinski definition) is 3. The number of nitrogens with one attached hydrogen (secondary N) is 2. The predicted octanol–water partition coefficient (Wildman–Crippen LogP) is 1.41. The Morgan fingerprint density at radius 1 is 1.33 bits per heavy atom. The molecule has 0 unspecified atom stereocenters. The van der Waals surface area contributed by atoms with E-state index in [1.807, 2.05) is 31.3 Å². The Balaban J connectivity index is 1.88. The van der Waals surface area contributed by atoms with Crippen LogP contribution in [0.5, 0.6) is 0 Å². The molecule has 4 heteroatoms. The molecule has 0 saturated heterocycles. The maximum absolute atomic E-state index is 9.40. The van der Waals surface area contributed by atoms with E-state index in [0.29, 0.717) is 0 Å². The van der Waals surface area contributed by atoms with Crippen LogP contribution in [0.1, 0.15) is 16.8 Å². The van der Waals surface area contributed by atoms with Gasteiger partial charge in [0.25, 0.3) is 0 Å². The lowest BCUT2D eigenvalue weighted by molar-refractivity contribution is 0.240. The van der Waals surface area contributed by atoms with Gasteiger partial charge in [0.05, 0.1) is 12.8 Å². The van der Waals surface area contributed by atoms with Crippen molar-refractivity contribution in [2.75, 3.05) is 6.61 Å². The van der Waals surface area contributed by atoms with E-state index in [-0.39, 0.29) is 12.6 Å². The van der Waals surface area contributed by atoms with Crippen LogP contribution in [0.2, 0.25) is 0 Å². The molecule has 0 spiro atoms. The normalized spacial score (nSPS) is 12.6. The Morgan fingerprint density at radius 3 is 2.72 bits per heavy atom. The van der Waals surface area contributed by atoms with Gasteiger partial charge in [-0.3, -0.25) is 5.10 Å². The van der Waals surface area contributed by atoms with E-state index in [2.05, 4.69) is 27.6 Å². The number of aromatic amines is 1. The molecule has 4 nitrogen and oxygen atoms in total. The number of hydrogen-bond acceptors (Lipinski definition) is 3. The molecule has 1 aromatic carbocycles. The van der Waals surface area contributed by atoms with Gasteiger partial charge in [-0.25, -0.2) is 0 Å². The number of benzene rings is 1. The molecule has 18 heavy (non-hydrogen) atoms. The number of nitrogens with zero attached hydrogens (tertiary/aromatic N) is 1. The van der Waals surface area contributed by atoms with Crippen molar-refractivity contribution in [3.8, 4) is 0 Å². The van der Waals surface area contributed by atoms with Gasteiger partial charge < -0.3 is 10.4 Å². The minimum absolute atomic E-state index is 0.0710. The van der Waals surface area contributed by atoms with E-state index in [1.165, 1.54) is 5.56 Å². The smallest absolute Gasteiger partial charge is 0.0587 e. The molecule has 0 fully saturated rings. The number of aryl methyl sites for hydroxylation is 1. The van der Waals surface area contributed by atoms with E-state index in [9.17, 15) is 5.11 Å². The van der Waals surface area contributed by atoms with Gasteiger partial charge >= 0.3 is 0 Å². The van der Waals surface area contributed by atoms with Gasteiger partial charge in [-0.2, -0.15) is 5.10 Å². The number of H-pyrrole nitrogens is 1. The van der Waals surface area contributed by atoms with Gasteiger partial charge in [0.1, 0.15) is 0 Å². The van der Waals surface area contributed by atoms with Crippen molar-refractivity contribution in [2.24, 2.45) is 0 Å². The van der Waals surface area contributed by atoms with E-state index < -0.39 is 0 Å². The third-order valence-electron chi connectivity index (χ3n) is 3.06. The molecule has 96 valence electrons. The number of aliphatic hydroxyl groups excluding tert-OH is 1. The molecule has 1 heterocycles. The highest BCUT2D eigenvalue weighted by atomic mass is 16.3. The third kappa shape index (κ3) is 3.42. The molecule has 0 aliphatic rings. The highest BCUT2D eigenvalue weighted by Gasteiger charge is 2.09. The average molecular weight is 245 g/mol. The van der Waals surface area contributed by atoms with Crippen molar-refractivity contribution in [1.82, 2.24) is 15.5 Å². The predicted molar refractivity (Wildman–Crippen MR) is 71.2 cm³/mol. The maximum Gasteiger partial charge on any atom is 0.0587 e. The summed E-state index contributed by atoms with van der Waals surface area (Å²) >= 11 is 0. The van der Waals surface area contributed by atoms with Gasteiger partial charge in [-0.05, 0) is 18.9 Å². The molecule has 0 aliphatic carbocycles. The molecule has 1 aromatic heterocycles. The van der Waals surface area contributed by atoms with Crippen molar-refractivity contribution in [3.05, 3.63) is 53.3 Å². The molecule has 2 aromatic rings. The van der Waals surface area contributed by atoms with E-state index in [4.69, 9.17) is 0 Å². The zero-order chi connectivity index (χ0) is 12.8. The quantitative estimate of drug-likeness (QED) is 0.721. The Labute approximate surface area is 107 Å². The van der Waals surface area contributed by atoms with Crippen LogP contribution in [0.25, 0.3) is 0 Å². The first kappa shape index (κ1) is 12.8. The molecule has 2 rings (SSSR count). The summed E-state index contributed by atoms with van der Waals surface area (Å²) in [6.45, 7) is 2.85. The zero-order valence-corrected chi connectivity index (χ0v) is 10.6.